The Morgan fingerprint density at radius 2 is 1.58 bits per heavy atom. The second kappa shape index (κ2) is 16.4. The number of rotatable bonds is 16. The minimum atomic E-state index is -4.15. The second-order valence-corrected chi connectivity index (χ2v) is 11.9. The number of carbonyl (C=O) groups is 3. The maximum absolute atomic E-state index is 12.8. The third-order valence-corrected chi connectivity index (χ3v) is 7.91. The van der Waals surface area contributed by atoms with Crippen LogP contribution in [0.25, 0.3) is 0 Å². The van der Waals surface area contributed by atoms with E-state index in [0.29, 0.717) is 25.1 Å². The summed E-state index contributed by atoms with van der Waals surface area (Å²) in [6.07, 6.45) is 5.54. The van der Waals surface area contributed by atoms with Crippen molar-refractivity contribution in [2.45, 2.75) is 57.8 Å². The van der Waals surface area contributed by atoms with Gasteiger partial charge in [-0.05, 0) is 79.3 Å². The average molecular weight is 610 g/mol. The lowest BCUT2D eigenvalue weighted by molar-refractivity contribution is 0.0436. The van der Waals surface area contributed by atoms with E-state index in [0.717, 1.165) is 43.2 Å². The Morgan fingerprint density at radius 1 is 0.884 bits per heavy atom. The number of esters is 1. The molecule has 2 amide bonds. The van der Waals surface area contributed by atoms with E-state index in [2.05, 4.69) is 24.1 Å². The summed E-state index contributed by atoms with van der Waals surface area (Å²) < 4.78 is 38.4. The molecule has 1 unspecified atom stereocenters. The van der Waals surface area contributed by atoms with Crippen LogP contribution in [0.1, 0.15) is 83.2 Å². The summed E-state index contributed by atoms with van der Waals surface area (Å²) in [5, 5.41) is 2.85. The predicted molar refractivity (Wildman–Crippen MR) is 163 cm³/mol. The van der Waals surface area contributed by atoms with Gasteiger partial charge in [0.15, 0.2) is 0 Å². The highest BCUT2D eigenvalue weighted by Crippen LogP contribution is 2.14. The Labute approximate surface area is 253 Å². The highest BCUT2D eigenvalue weighted by molar-refractivity contribution is 7.90. The summed E-state index contributed by atoms with van der Waals surface area (Å²) in [5.74, 6) is -0.761. The lowest BCUT2D eigenvalue weighted by Crippen LogP contribution is -2.30. The molecule has 0 aliphatic rings. The van der Waals surface area contributed by atoms with E-state index in [4.69, 9.17) is 9.47 Å². The van der Waals surface area contributed by atoms with Gasteiger partial charge in [-0.3, -0.25) is 9.59 Å². The lowest BCUT2D eigenvalue weighted by Gasteiger charge is -2.11. The highest BCUT2D eigenvalue weighted by atomic mass is 32.2. The number of pyridine rings is 1. The molecule has 10 nitrogen and oxygen atoms in total. The van der Waals surface area contributed by atoms with Crippen molar-refractivity contribution in [2.75, 3.05) is 19.8 Å². The van der Waals surface area contributed by atoms with Crippen LogP contribution in [0.3, 0.4) is 0 Å². The van der Waals surface area contributed by atoms with E-state index < -0.39 is 21.9 Å². The molecule has 0 fully saturated rings. The van der Waals surface area contributed by atoms with Gasteiger partial charge in [0.25, 0.3) is 21.8 Å². The van der Waals surface area contributed by atoms with Gasteiger partial charge < -0.3 is 14.8 Å². The fraction of sp³-hybridized carbons (Fsp3) is 0.375. The molecular formula is C32H39N3O7S. The van der Waals surface area contributed by atoms with E-state index >= 15 is 0 Å². The molecule has 0 aliphatic carbocycles. The number of nitrogens with one attached hydrogen (secondary N) is 2. The first kappa shape index (κ1) is 33.3. The van der Waals surface area contributed by atoms with Gasteiger partial charge in [0.05, 0.1) is 23.7 Å². The standard InChI is InChI=1S/C32H39N3O7S/c1-4-6-20-41-27-13-10-25(11-14-27)30(36)33-19-18-24-8-15-28(16-9-24)43(39,40)35-31(37)26-12-17-29(34-21-26)32(38)42-22-23(3)7-5-2/h8-17,21,23H,4-7,18-20,22H2,1-3H3,(H,33,36)(H,35,37). The molecule has 0 radical (unpaired) electrons. The molecular weight excluding hydrogens is 570 g/mol. The Kier molecular flexibility index (Phi) is 12.7. The molecule has 1 heterocycles. The number of amides is 2. The second-order valence-electron chi connectivity index (χ2n) is 10.2. The summed E-state index contributed by atoms with van der Waals surface area (Å²) in [4.78, 5) is 41.1. The maximum atomic E-state index is 12.8. The van der Waals surface area contributed by atoms with Gasteiger partial charge in [-0.2, -0.15) is 0 Å². The number of carbonyl (C=O) groups excluding carboxylic acids is 3. The molecule has 0 saturated carbocycles. The quantitative estimate of drug-likeness (QED) is 0.172. The fourth-order valence-corrected chi connectivity index (χ4v) is 5.03. The number of hydrogen-bond acceptors (Lipinski definition) is 8. The third kappa shape index (κ3) is 10.5. The molecule has 2 aromatic carbocycles. The molecule has 43 heavy (non-hydrogen) atoms. The summed E-state index contributed by atoms with van der Waals surface area (Å²) in [6.45, 7) is 7.38. The zero-order chi connectivity index (χ0) is 31.2. The van der Waals surface area contributed by atoms with Crippen molar-refractivity contribution >= 4 is 27.8 Å². The molecule has 1 aromatic heterocycles. The van der Waals surface area contributed by atoms with Gasteiger partial charge in [-0.15, -0.1) is 0 Å². The van der Waals surface area contributed by atoms with E-state index in [1.54, 1.807) is 36.4 Å². The fourth-order valence-electron chi connectivity index (χ4n) is 4.05. The molecule has 0 saturated heterocycles. The van der Waals surface area contributed by atoms with Crippen molar-refractivity contribution in [1.29, 1.82) is 0 Å². The molecule has 230 valence electrons. The van der Waals surface area contributed by atoms with Crippen LogP contribution in [0, 0.1) is 5.92 Å². The van der Waals surface area contributed by atoms with Crippen molar-refractivity contribution in [1.82, 2.24) is 15.0 Å². The molecule has 2 N–H and O–H groups in total. The zero-order valence-corrected chi connectivity index (χ0v) is 25.6. The van der Waals surface area contributed by atoms with Gasteiger partial charge in [0.1, 0.15) is 11.4 Å². The van der Waals surface area contributed by atoms with Crippen molar-refractivity contribution in [3.8, 4) is 5.75 Å². The highest BCUT2D eigenvalue weighted by Gasteiger charge is 2.20. The SMILES string of the molecule is CCCCOc1ccc(C(=O)NCCc2ccc(S(=O)(=O)NC(=O)c3ccc(C(=O)OCC(C)CCC)nc3)cc2)cc1. The van der Waals surface area contributed by atoms with Crippen LogP contribution in [0.15, 0.2) is 71.8 Å². The van der Waals surface area contributed by atoms with Crippen molar-refractivity contribution in [3.63, 3.8) is 0 Å². The minimum absolute atomic E-state index is 0.0227. The molecule has 3 aromatic rings. The summed E-state index contributed by atoms with van der Waals surface area (Å²) in [5.41, 5.74) is 1.33. The van der Waals surface area contributed by atoms with Gasteiger partial charge in [0.2, 0.25) is 0 Å². The Hall–Kier alpha value is -4.25. The van der Waals surface area contributed by atoms with Crippen LogP contribution >= 0.6 is 0 Å². The lowest BCUT2D eigenvalue weighted by atomic mass is 10.1. The van der Waals surface area contributed by atoms with E-state index in [9.17, 15) is 22.8 Å². The van der Waals surface area contributed by atoms with Crippen molar-refractivity contribution in [3.05, 3.63) is 89.2 Å². The van der Waals surface area contributed by atoms with Crippen molar-refractivity contribution in [2.24, 2.45) is 5.92 Å². The molecule has 3 rings (SSSR count). The van der Waals surface area contributed by atoms with Crippen LogP contribution in [-0.4, -0.2) is 50.9 Å². The number of aromatic nitrogens is 1. The first-order valence-corrected chi connectivity index (χ1v) is 15.9. The first-order chi connectivity index (χ1) is 20.6. The first-order valence-electron chi connectivity index (χ1n) is 14.4. The summed E-state index contributed by atoms with van der Waals surface area (Å²) >= 11 is 0. The van der Waals surface area contributed by atoms with Gasteiger partial charge in [-0.1, -0.05) is 45.7 Å². The Morgan fingerprint density at radius 3 is 2.21 bits per heavy atom. The van der Waals surface area contributed by atoms with Crippen molar-refractivity contribution < 1.29 is 32.3 Å². The van der Waals surface area contributed by atoms with Crippen LogP contribution < -0.4 is 14.8 Å². The number of hydrogen-bond donors (Lipinski definition) is 2. The number of unbranched alkanes of at least 4 members (excludes halogenated alkanes) is 1. The topological polar surface area (TPSA) is 141 Å². The van der Waals surface area contributed by atoms with E-state index in [1.807, 2.05) is 11.6 Å². The van der Waals surface area contributed by atoms with Gasteiger partial charge >= 0.3 is 5.97 Å². The van der Waals surface area contributed by atoms with Crippen LogP contribution in [0.5, 0.6) is 5.75 Å². The van der Waals surface area contributed by atoms with Crippen LogP contribution in [0.4, 0.5) is 0 Å². The van der Waals surface area contributed by atoms with E-state index in [-0.39, 0.29) is 34.6 Å². The van der Waals surface area contributed by atoms with E-state index in [1.165, 1.54) is 24.3 Å². The predicted octanol–water partition coefficient (Wildman–Crippen LogP) is 4.94. The summed E-state index contributed by atoms with van der Waals surface area (Å²) in [6, 6.07) is 15.6. The Balaban J connectivity index is 1.48. The molecule has 1 atom stereocenters. The van der Waals surface area contributed by atoms with Crippen LogP contribution in [-0.2, 0) is 21.2 Å². The molecule has 0 spiro atoms. The minimum Gasteiger partial charge on any atom is -0.494 e. The van der Waals surface area contributed by atoms with Gasteiger partial charge in [-0.25, -0.2) is 22.9 Å². The number of ether oxygens (including phenoxy) is 2. The largest absolute Gasteiger partial charge is 0.494 e. The Bertz CT molecular complexity index is 1460. The third-order valence-electron chi connectivity index (χ3n) is 6.56. The maximum Gasteiger partial charge on any atom is 0.356 e. The average Bonchev–Trinajstić information content (AvgIpc) is 3.00. The normalized spacial score (nSPS) is 11.8. The zero-order valence-electron chi connectivity index (χ0n) is 24.8. The number of nitrogens with zero attached hydrogens (tertiary/aromatic N) is 1. The molecule has 11 heteroatoms. The van der Waals surface area contributed by atoms with Crippen LogP contribution in [0.2, 0.25) is 0 Å². The van der Waals surface area contributed by atoms with Gasteiger partial charge in [0, 0.05) is 18.3 Å². The molecule has 0 bridgehead atoms. The number of sulfonamides is 1. The monoisotopic (exact) mass is 609 g/mol. The number of benzene rings is 2. The smallest absolute Gasteiger partial charge is 0.356 e. The molecule has 0 aliphatic heterocycles. The summed E-state index contributed by atoms with van der Waals surface area (Å²) in [7, 11) is -4.15.